The zero-order valence-corrected chi connectivity index (χ0v) is 20.4. The number of aromatic hydroxyl groups is 1. The van der Waals surface area contributed by atoms with Crippen LogP contribution in [-0.4, -0.2) is 38.1 Å². The number of carbonyl (C=O) groups excluding carboxylic acids is 1. The Hall–Kier alpha value is -2.70. The zero-order chi connectivity index (χ0) is 24.0. The van der Waals surface area contributed by atoms with E-state index in [0.29, 0.717) is 34.5 Å². The Bertz CT molecular complexity index is 1130. The molecule has 1 aromatic heterocycles. The normalized spacial score (nSPS) is 11.0. The highest BCUT2D eigenvalue weighted by atomic mass is 35.5. The summed E-state index contributed by atoms with van der Waals surface area (Å²) in [6, 6.07) is 13.3. The molecule has 0 radical (unpaired) electrons. The van der Waals surface area contributed by atoms with Crippen LogP contribution in [0.4, 0.5) is 0 Å². The summed E-state index contributed by atoms with van der Waals surface area (Å²) in [5.74, 6) is -0.389. The molecule has 3 aromatic rings. The molecule has 3 rings (SSSR count). The summed E-state index contributed by atoms with van der Waals surface area (Å²) in [5.41, 5.74) is 0.731. The lowest BCUT2D eigenvalue weighted by molar-refractivity contribution is -0.130. The fourth-order valence-corrected chi connectivity index (χ4v) is 3.94. The van der Waals surface area contributed by atoms with Crippen molar-refractivity contribution in [3.05, 3.63) is 74.8 Å². The fraction of sp³-hybridized carbons (Fsp3) is 0.360. The molecule has 0 bridgehead atoms. The minimum Gasteiger partial charge on any atom is -0.493 e. The number of nitrogens with zero attached hydrogens (tertiary/aromatic N) is 3. The predicted octanol–water partition coefficient (Wildman–Crippen LogP) is 5.61. The molecule has 176 valence electrons. The van der Waals surface area contributed by atoms with Gasteiger partial charge in [0.15, 0.2) is 0 Å². The molecule has 1 N–H and O–H groups in total. The summed E-state index contributed by atoms with van der Waals surface area (Å²) in [4.78, 5) is 28.5. The minimum absolute atomic E-state index is 0.0995. The van der Waals surface area contributed by atoms with Crippen molar-refractivity contribution in [2.75, 3.05) is 13.1 Å². The van der Waals surface area contributed by atoms with Crippen LogP contribution in [0.15, 0.2) is 53.3 Å². The molecule has 0 saturated carbocycles. The van der Waals surface area contributed by atoms with Crippen molar-refractivity contribution in [1.29, 1.82) is 0 Å². The summed E-state index contributed by atoms with van der Waals surface area (Å²) >= 11 is 12.0. The molecule has 6 nitrogen and oxygen atoms in total. The molecule has 0 fully saturated rings. The van der Waals surface area contributed by atoms with Gasteiger partial charge in [-0.3, -0.25) is 9.36 Å². The van der Waals surface area contributed by atoms with Crippen LogP contribution >= 0.6 is 23.2 Å². The molecule has 0 atom stereocenters. The van der Waals surface area contributed by atoms with Gasteiger partial charge in [-0.25, -0.2) is 9.36 Å². The molecule has 0 aliphatic rings. The van der Waals surface area contributed by atoms with E-state index >= 15 is 0 Å². The first-order valence-corrected chi connectivity index (χ1v) is 12.0. The number of halogens is 2. The van der Waals surface area contributed by atoms with Crippen molar-refractivity contribution in [2.45, 2.75) is 46.0 Å². The number of carbonyl (C=O) groups is 1. The van der Waals surface area contributed by atoms with Crippen LogP contribution in [-0.2, 0) is 11.2 Å². The smallest absolute Gasteiger partial charge is 0.340 e. The third-order valence-electron chi connectivity index (χ3n) is 5.53. The molecular weight excluding hydrogens is 461 g/mol. The second-order valence-electron chi connectivity index (χ2n) is 7.94. The van der Waals surface area contributed by atoms with E-state index in [0.717, 1.165) is 25.7 Å². The van der Waals surface area contributed by atoms with Crippen LogP contribution in [0.2, 0.25) is 10.0 Å². The molecule has 8 heteroatoms. The van der Waals surface area contributed by atoms with Crippen molar-refractivity contribution in [2.24, 2.45) is 0 Å². The molecule has 0 unspecified atom stereocenters. The van der Waals surface area contributed by atoms with Crippen LogP contribution in [0.3, 0.4) is 0 Å². The van der Waals surface area contributed by atoms with E-state index in [4.69, 9.17) is 23.2 Å². The summed E-state index contributed by atoms with van der Waals surface area (Å²) in [7, 11) is 0. The van der Waals surface area contributed by atoms with E-state index in [1.54, 1.807) is 48.5 Å². The van der Waals surface area contributed by atoms with E-state index < -0.39 is 5.69 Å². The van der Waals surface area contributed by atoms with Crippen molar-refractivity contribution < 1.29 is 9.90 Å². The molecule has 0 saturated heterocycles. The molecule has 33 heavy (non-hydrogen) atoms. The van der Waals surface area contributed by atoms with Gasteiger partial charge in [0.05, 0.1) is 23.5 Å². The molecule has 1 heterocycles. The van der Waals surface area contributed by atoms with Gasteiger partial charge < -0.3 is 10.0 Å². The topological polar surface area (TPSA) is 67.5 Å². The maximum Gasteiger partial charge on any atom is 0.340 e. The maximum absolute atomic E-state index is 13.5. The Kier molecular flexibility index (Phi) is 8.64. The lowest BCUT2D eigenvalue weighted by Gasteiger charge is -2.22. The van der Waals surface area contributed by atoms with Crippen LogP contribution in [0.5, 0.6) is 5.88 Å². The van der Waals surface area contributed by atoms with Gasteiger partial charge >= 0.3 is 5.69 Å². The lowest BCUT2D eigenvalue weighted by Crippen LogP contribution is -2.35. The highest BCUT2D eigenvalue weighted by Crippen LogP contribution is 2.26. The SMILES string of the molecule is CCCCN(CCCC)C(=O)Cc1c(O)n(-c2ccc(Cl)cc2)c(=O)n1-c1ccc(Cl)cc1. The minimum atomic E-state index is -0.478. The Labute approximate surface area is 204 Å². The van der Waals surface area contributed by atoms with Crippen LogP contribution in [0.1, 0.15) is 45.2 Å². The van der Waals surface area contributed by atoms with E-state index in [-0.39, 0.29) is 23.9 Å². The summed E-state index contributed by atoms with van der Waals surface area (Å²) < 4.78 is 2.56. The van der Waals surface area contributed by atoms with Gasteiger partial charge in [0.1, 0.15) is 0 Å². The summed E-state index contributed by atoms with van der Waals surface area (Å²) in [6.07, 6.45) is 3.65. The first-order valence-electron chi connectivity index (χ1n) is 11.2. The molecule has 1 amide bonds. The van der Waals surface area contributed by atoms with Crippen molar-refractivity contribution in [3.8, 4) is 17.3 Å². The van der Waals surface area contributed by atoms with Gasteiger partial charge in [0, 0.05) is 23.1 Å². The number of amides is 1. The second kappa shape index (κ2) is 11.4. The molecule has 0 spiro atoms. The molecule has 0 aliphatic heterocycles. The molecular formula is C25H29Cl2N3O3. The van der Waals surface area contributed by atoms with Gasteiger partial charge in [0.25, 0.3) is 0 Å². The van der Waals surface area contributed by atoms with Crippen molar-refractivity contribution in [3.63, 3.8) is 0 Å². The second-order valence-corrected chi connectivity index (χ2v) is 8.81. The van der Waals surface area contributed by atoms with Crippen LogP contribution < -0.4 is 5.69 Å². The van der Waals surface area contributed by atoms with E-state index in [1.165, 1.54) is 9.13 Å². The number of hydrogen-bond donors (Lipinski definition) is 1. The average Bonchev–Trinajstić information content (AvgIpc) is 3.04. The van der Waals surface area contributed by atoms with Crippen molar-refractivity contribution in [1.82, 2.24) is 14.0 Å². The number of hydrogen-bond acceptors (Lipinski definition) is 3. The highest BCUT2D eigenvalue weighted by molar-refractivity contribution is 6.30. The number of benzene rings is 2. The third kappa shape index (κ3) is 5.81. The van der Waals surface area contributed by atoms with Crippen LogP contribution in [0.25, 0.3) is 11.4 Å². The highest BCUT2D eigenvalue weighted by Gasteiger charge is 2.25. The first-order chi connectivity index (χ1) is 15.9. The zero-order valence-electron chi connectivity index (χ0n) is 18.9. The van der Waals surface area contributed by atoms with E-state index in [2.05, 4.69) is 13.8 Å². The van der Waals surface area contributed by atoms with Crippen molar-refractivity contribution >= 4 is 29.1 Å². The van der Waals surface area contributed by atoms with Gasteiger partial charge in [-0.2, -0.15) is 0 Å². The maximum atomic E-state index is 13.5. The standard InChI is InChI=1S/C25H29Cl2N3O3/c1-3-5-15-28(16-6-4-2)23(31)17-22-24(32)30(21-13-9-19(27)10-14-21)25(33)29(22)20-11-7-18(26)8-12-20/h7-14,32H,3-6,15-17H2,1-2H3. The van der Waals surface area contributed by atoms with Gasteiger partial charge in [-0.15, -0.1) is 0 Å². The number of rotatable bonds is 10. The number of aromatic nitrogens is 2. The molecule has 2 aromatic carbocycles. The van der Waals surface area contributed by atoms with Gasteiger partial charge in [0.2, 0.25) is 11.8 Å². The average molecular weight is 490 g/mol. The summed E-state index contributed by atoms with van der Waals surface area (Å²) in [6.45, 7) is 5.47. The van der Waals surface area contributed by atoms with Crippen LogP contribution in [0, 0.1) is 0 Å². The van der Waals surface area contributed by atoms with Gasteiger partial charge in [-0.1, -0.05) is 49.9 Å². The predicted molar refractivity (Wildman–Crippen MR) is 133 cm³/mol. The quantitative estimate of drug-likeness (QED) is 0.402. The largest absolute Gasteiger partial charge is 0.493 e. The Balaban J connectivity index is 2.09. The van der Waals surface area contributed by atoms with E-state index in [9.17, 15) is 14.7 Å². The van der Waals surface area contributed by atoms with E-state index in [1.807, 2.05) is 4.90 Å². The first kappa shape index (κ1) is 24.9. The fourth-order valence-electron chi connectivity index (χ4n) is 3.69. The molecule has 0 aliphatic carbocycles. The third-order valence-corrected chi connectivity index (χ3v) is 6.03. The number of imidazole rings is 1. The monoisotopic (exact) mass is 489 g/mol. The van der Waals surface area contributed by atoms with Gasteiger partial charge in [-0.05, 0) is 61.4 Å². The Morgan fingerprint density at radius 1 is 0.848 bits per heavy atom. The summed E-state index contributed by atoms with van der Waals surface area (Å²) in [5, 5.41) is 12.2. The lowest BCUT2D eigenvalue weighted by atomic mass is 10.2. The number of unbranched alkanes of at least 4 members (excludes halogenated alkanes) is 2. The Morgan fingerprint density at radius 2 is 1.30 bits per heavy atom. The Morgan fingerprint density at radius 3 is 1.76 bits per heavy atom.